The largest absolute Gasteiger partial charge is 0.426 e. The summed E-state index contributed by atoms with van der Waals surface area (Å²) >= 11 is 5.86. The van der Waals surface area contributed by atoms with Crippen molar-refractivity contribution in [3.63, 3.8) is 0 Å². The van der Waals surface area contributed by atoms with Crippen LogP contribution in [-0.2, 0) is 0 Å². The second-order valence-electron chi connectivity index (χ2n) is 3.76. The van der Waals surface area contributed by atoms with Crippen molar-refractivity contribution >= 4 is 23.3 Å². The van der Waals surface area contributed by atoms with E-state index in [0.29, 0.717) is 10.8 Å². The fraction of sp³-hybridized carbons (Fsp3) is 0.0714. The number of hydrogen-bond acceptors (Lipinski definition) is 2. The van der Waals surface area contributed by atoms with Gasteiger partial charge in [0.25, 0.3) is 6.02 Å². The van der Waals surface area contributed by atoms with Crippen molar-refractivity contribution in [2.75, 3.05) is 11.9 Å². The molecule has 0 fully saturated rings. The third-order valence-electron chi connectivity index (χ3n) is 2.46. The van der Waals surface area contributed by atoms with Gasteiger partial charge in [0.2, 0.25) is 0 Å². The Morgan fingerprint density at radius 2 is 1.83 bits per heavy atom. The third-order valence-corrected chi connectivity index (χ3v) is 2.69. The Kier molecular flexibility index (Phi) is 3.85. The van der Waals surface area contributed by atoms with E-state index in [-0.39, 0.29) is 6.02 Å². The van der Waals surface area contributed by atoms with Crippen molar-refractivity contribution < 1.29 is 4.74 Å². The molecule has 0 amide bonds. The number of benzene rings is 2. The van der Waals surface area contributed by atoms with Crippen molar-refractivity contribution in [3.05, 3.63) is 59.6 Å². The summed E-state index contributed by atoms with van der Waals surface area (Å²) in [6.45, 7) is 0. The molecule has 92 valence electrons. The molecule has 0 heterocycles. The molecule has 2 rings (SSSR count). The SMILES string of the molecule is CN(C(=N)Oc1cccc(Cl)c1)c1ccccc1. The van der Waals surface area contributed by atoms with Crippen molar-refractivity contribution in [1.82, 2.24) is 0 Å². The van der Waals surface area contributed by atoms with Crippen molar-refractivity contribution in [2.45, 2.75) is 0 Å². The van der Waals surface area contributed by atoms with Crippen molar-refractivity contribution in [2.24, 2.45) is 0 Å². The predicted molar refractivity (Wildman–Crippen MR) is 74.7 cm³/mol. The minimum atomic E-state index is 0.0449. The van der Waals surface area contributed by atoms with Crippen molar-refractivity contribution in [3.8, 4) is 5.75 Å². The molecular weight excluding hydrogens is 248 g/mol. The van der Waals surface area contributed by atoms with Crippen LogP contribution < -0.4 is 9.64 Å². The van der Waals surface area contributed by atoms with Crippen LogP contribution in [0.4, 0.5) is 5.69 Å². The highest BCUT2D eigenvalue weighted by Crippen LogP contribution is 2.19. The molecule has 18 heavy (non-hydrogen) atoms. The number of para-hydroxylation sites is 1. The maximum Gasteiger partial charge on any atom is 0.294 e. The molecular formula is C14H13ClN2O. The maximum absolute atomic E-state index is 7.90. The summed E-state index contributed by atoms with van der Waals surface area (Å²) in [6.07, 6.45) is 0. The predicted octanol–water partition coefficient (Wildman–Crippen LogP) is 3.79. The lowest BCUT2D eigenvalue weighted by molar-refractivity contribution is 0.531. The summed E-state index contributed by atoms with van der Waals surface area (Å²) in [7, 11) is 1.78. The lowest BCUT2D eigenvalue weighted by Crippen LogP contribution is -2.30. The number of anilines is 1. The van der Waals surface area contributed by atoms with Gasteiger partial charge in [-0.05, 0) is 30.3 Å². The van der Waals surface area contributed by atoms with Gasteiger partial charge in [0.1, 0.15) is 5.75 Å². The number of amidine groups is 1. The van der Waals surface area contributed by atoms with Gasteiger partial charge >= 0.3 is 0 Å². The fourth-order valence-electron chi connectivity index (χ4n) is 1.48. The molecule has 0 unspecified atom stereocenters. The first-order valence-electron chi connectivity index (χ1n) is 5.47. The van der Waals surface area contributed by atoms with Crippen LogP contribution in [0.25, 0.3) is 0 Å². The first kappa shape index (κ1) is 12.5. The average Bonchev–Trinajstić information content (AvgIpc) is 2.39. The van der Waals surface area contributed by atoms with Crippen LogP contribution >= 0.6 is 11.6 Å². The highest BCUT2D eigenvalue weighted by molar-refractivity contribution is 6.30. The van der Waals surface area contributed by atoms with E-state index in [1.165, 1.54) is 0 Å². The molecule has 0 radical (unpaired) electrons. The zero-order chi connectivity index (χ0) is 13.0. The number of hydrogen-bond donors (Lipinski definition) is 1. The molecule has 2 aromatic carbocycles. The van der Waals surface area contributed by atoms with E-state index in [1.54, 1.807) is 36.2 Å². The van der Waals surface area contributed by atoms with E-state index in [9.17, 15) is 0 Å². The summed E-state index contributed by atoms with van der Waals surface area (Å²) in [5.74, 6) is 0.551. The number of nitrogens with one attached hydrogen (secondary N) is 1. The third kappa shape index (κ3) is 3.02. The normalized spacial score (nSPS) is 9.89. The molecule has 3 nitrogen and oxygen atoms in total. The second-order valence-corrected chi connectivity index (χ2v) is 4.20. The number of nitrogens with zero attached hydrogens (tertiary/aromatic N) is 1. The van der Waals surface area contributed by atoms with Gasteiger partial charge in [-0.2, -0.15) is 0 Å². The number of ether oxygens (including phenoxy) is 1. The first-order chi connectivity index (χ1) is 8.66. The Labute approximate surface area is 111 Å². The standard InChI is InChI=1S/C14H13ClN2O/c1-17(12-7-3-2-4-8-12)14(16)18-13-9-5-6-11(15)10-13/h2-10,16H,1H3. The summed E-state index contributed by atoms with van der Waals surface area (Å²) in [4.78, 5) is 1.65. The molecule has 4 heteroatoms. The van der Waals surface area contributed by atoms with Crippen LogP contribution in [0.3, 0.4) is 0 Å². The molecule has 0 spiro atoms. The van der Waals surface area contributed by atoms with Crippen LogP contribution in [-0.4, -0.2) is 13.1 Å². The molecule has 0 aliphatic rings. The lowest BCUT2D eigenvalue weighted by atomic mass is 10.3. The Hall–Kier alpha value is -2.00. The van der Waals surface area contributed by atoms with Crippen LogP contribution in [0.2, 0.25) is 5.02 Å². The topological polar surface area (TPSA) is 36.3 Å². The highest BCUT2D eigenvalue weighted by atomic mass is 35.5. The van der Waals surface area contributed by atoms with Gasteiger partial charge in [0, 0.05) is 17.8 Å². The monoisotopic (exact) mass is 260 g/mol. The van der Waals surface area contributed by atoms with Gasteiger partial charge in [0.05, 0.1) is 0 Å². The molecule has 0 atom stereocenters. The zero-order valence-electron chi connectivity index (χ0n) is 9.93. The smallest absolute Gasteiger partial charge is 0.294 e. The minimum Gasteiger partial charge on any atom is -0.426 e. The average molecular weight is 261 g/mol. The summed E-state index contributed by atoms with van der Waals surface area (Å²) < 4.78 is 5.44. The molecule has 0 saturated carbocycles. The summed E-state index contributed by atoms with van der Waals surface area (Å²) in [5, 5.41) is 8.49. The number of rotatable bonds is 2. The highest BCUT2D eigenvalue weighted by Gasteiger charge is 2.09. The van der Waals surface area contributed by atoms with E-state index < -0.39 is 0 Å². The van der Waals surface area contributed by atoms with Gasteiger partial charge in [-0.3, -0.25) is 10.3 Å². The van der Waals surface area contributed by atoms with Gasteiger partial charge < -0.3 is 4.74 Å². The maximum atomic E-state index is 7.90. The van der Waals surface area contributed by atoms with Crippen LogP contribution in [0.15, 0.2) is 54.6 Å². The Morgan fingerprint density at radius 3 is 2.50 bits per heavy atom. The number of halogens is 1. The van der Waals surface area contributed by atoms with Crippen LogP contribution in [0.1, 0.15) is 0 Å². The van der Waals surface area contributed by atoms with Gasteiger partial charge in [-0.15, -0.1) is 0 Å². The quantitative estimate of drug-likeness (QED) is 0.659. The van der Waals surface area contributed by atoms with E-state index in [4.69, 9.17) is 21.7 Å². The van der Waals surface area contributed by atoms with E-state index >= 15 is 0 Å². The molecule has 1 N–H and O–H groups in total. The Bertz CT molecular complexity index is 543. The first-order valence-corrected chi connectivity index (χ1v) is 5.85. The molecule has 0 aliphatic carbocycles. The Balaban J connectivity index is 2.09. The van der Waals surface area contributed by atoms with E-state index in [0.717, 1.165) is 5.69 Å². The molecule has 0 bridgehead atoms. The van der Waals surface area contributed by atoms with Gasteiger partial charge in [-0.1, -0.05) is 35.9 Å². The molecule has 2 aromatic rings. The van der Waals surface area contributed by atoms with Crippen LogP contribution in [0, 0.1) is 5.41 Å². The second kappa shape index (κ2) is 5.56. The zero-order valence-corrected chi connectivity index (χ0v) is 10.7. The van der Waals surface area contributed by atoms with Crippen molar-refractivity contribution in [1.29, 1.82) is 5.41 Å². The lowest BCUT2D eigenvalue weighted by Gasteiger charge is -2.19. The fourth-order valence-corrected chi connectivity index (χ4v) is 1.66. The summed E-state index contributed by atoms with van der Waals surface area (Å²) in [6, 6.07) is 16.6. The molecule has 0 aromatic heterocycles. The Morgan fingerprint density at radius 1 is 1.11 bits per heavy atom. The van der Waals surface area contributed by atoms with Gasteiger partial charge in [0.15, 0.2) is 0 Å². The summed E-state index contributed by atoms with van der Waals surface area (Å²) in [5.41, 5.74) is 0.893. The molecule has 0 aliphatic heterocycles. The van der Waals surface area contributed by atoms with E-state index in [2.05, 4.69) is 0 Å². The minimum absolute atomic E-state index is 0.0449. The van der Waals surface area contributed by atoms with Crippen LogP contribution in [0.5, 0.6) is 5.75 Å². The molecule has 0 saturated heterocycles. The van der Waals surface area contributed by atoms with Gasteiger partial charge in [-0.25, -0.2) is 0 Å². The van der Waals surface area contributed by atoms with E-state index in [1.807, 2.05) is 30.3 Å².